The van der Waals surface area contributed by atoms with Crippen molar-refractivity contribution in [2.24, 2.45) is 0 Å². The lowest BCUT2D eigenvalue weighted by atomic mass is 10.1. The molecular formula is C20H40F6NO4S3+. The molecule has 0 saturated carbocycles. The second-order valence-corrected chi connectivity index (χ2v) is 15.4. The number of unbranched alkanes of at least 4 members (excludes halogenated alkanes) is 6. The molecule has 0 aromatic carbocycles. The van der Waals surface area contributed by atoms with Crippen LogP contribution < -0.4 is 0 Å². The number of halogens is 6. The molecule has 14 heteroatoms. The summed E-state index contributed by atoms with van der Waals surface area (Å²) in [6.07, 6.45) is 14.0. The highest BCUT2D eigenvalue weighted by Crippen LogP contribution is 2.42. The van der Waals surface area contributed by atoms with E-state index in [0.717, 1.165) is 0 Å². The van der Waals surface area contributed by atoms with Crippen molar-refractivity contribution in [1.82, 2.24) is 0 Å². The topological polar surface area (TPSA) is 68.3 Å². The van der Waals surface area contributed by atoms with Gasteiger partial charge in [0.15, 0.2) is 0 Å². The zero-order chi connectivity index (χ0) is 27.1. The molecule has 0 saturated heterocycles. The van der Waals surface area contributed by atoms with Gasteiger partial charge < -0.3 is 4.48 Å². The van der Waals surface area contributed by atoms with E-state index in [1.54, 1.807) is 0 Å². The quantitative estimate of drug-likeness (QED) is 0.0852. The largest absolute Gasteiger partial charge is 0.508 e. The Morgan fingerprint density at radius 2 is 0.853 bits per heavy atom. The minimum Gasteiger partial charge on any atom is -0.324 e. The van der Waals surface area contributed by atoms with Gasteiger partial charge in [0.2, 0.25) is 0 Å². The van der Waals surface area contributed by atoms with Crippen LogP contribution in [0.5, 0.6) is 0 Å². The smallest absolute Gasteiger partial charge is 0.324 e. The molecule has 0 heterocycles. The van der Waals surface area contributed by atoms with Crippen molar-refractivity contribution in [2.75, 3.05) is 26.2 Å². The van der Waals surface area contributed by atoms with E-state index >= 15 is 0 Å². The fourth-order valence-corrected chi connectivity index (χ4v) is 8.63. The second-order valence-electron chi connectivity index (χ2n) is 8.23. The van der Waals surface area contributed by atoms with Gasteiger partial charge in [-0.25, -0.2) is 16.8 Å². The Balaban J connectivity index is 0. The van der Waals surface area contributed by atoms with Crippen LogP contribution in [-0.2, 0) is 17.7 Å². The number of hydrogen-bond acceptors (Lipinski definition) is 5. The van der Waals surface area contributed by atoms with E-state index < -0.39 is 38.6 Å². The number of hydrogen-bond donors (Lipinski definition) is 0. The molecule has 0 radical (unpaired) electrons. The first-order chi connectivity index (χ1) is 15.4. The molecule has 0 bridgehead atoms. The van der Waals surface area contributed by atoms with Gasteiger partial charge in [-0.1, -0.05) is 53.4 Å². The van der Waals surface area contributed by atoms with Crippen molar-refractivity contribution in [3.05, 3.63) is 0 Å². The molecular weight excluding hydrogens is 528 g/mol. The fraction of sp³-hybridized carbons (Fsp3) is 1.00. The van der Waals surface area contributed by atoms with Crippen LogP contribution in [0.4, 0.5) is 26.3 Å². The molecule has 0 aliphatic heterocycles. The molecule has 0 fully saturated rings. The summed E-state index contributed by atoms with van der Waals surface area (Å²) in [5.74, 6) is 0. The average molecular weight is 569 g/mol. The van der Waals surface area contributed by atoms with Gasteiger partial charge in [0, 0.05) is 0 Å². The number of rotatable bonds is 16. The standard InChI is InChI=1S/C18H40N.C2F6O4S3/c1-5-9-11-13-17-19(15-7-3,16-8-4)18-14-12-10-6-2;3-1(4,5)14(9,10)13-15(11,12)2(6,7)8/h5-18H2,1-4H3;/q+1;. The monoisotopic (exact) mass is 568 g/mol. The summed E-state index contributed by atoms with van der Waals surface area (Å²) in [4.78, 5) is 0. The molecule has 5 nitrogen and oxygen atoms in total. The third-order valence-electron chi connectivity index (χ3n) is 5.11. The summed E-state index contributed by atoms with van der Waals surface area (Å²) in [5.41, 5.74) is -12.1. The van der Waals surface area contributed by atoms with Crippen LogP contribution in [0.25, 0.3) is 0 Å². The predicted molar refractivity (Wildman–Crippen MR) is 126 cm³/mol. The van der Waals surface area contributed by atoms with Crippen LogP contribution in [0.1, 0.15) is 91.9 Å². The zero-order valence-corrected chi connectivity index (χ0v) is 22.9. The van der Waals surface area contributed by atoms with Gasteiger partial charge >= 0.3 is 28.8 Å². The van der Waals surface area contributed by atoms with Crippen molar-refractivity contribution in [3.8, 4) is 0 Å². The highest BCUT2D eigenvalue weighted by molar-refractivity contribution is 9.04. The Hall–Kier alpha value is -0.210. The van der Waals surface area contributed by atoms with Gasteiger partial charge in [-0.05, 0) is 38.5 Å². The Kier molecular flexibility index (Phi) is 17.5. The number of quaternary nitrogens is 1. The Bertz CT molecular complexity index is 676. The average Bonchev–Trinajstić information content (AvgIpc) is 2.67. The lowest BCUT2D eigenvalue weighted by Crippen LogP contribution is -2.50. The molecule has 0 aromatic rings. The van der Waals surface area contributed by atoms with E-state index in [0.29, 0.717) is 0 Å². The van der Waals surface area contributed by atoms with E-state index in [-0.39, 0.29) is 0 Å². The molecule has 0 aliphatic carbocycles. The van der Waals surface area contributed by atoms with Gasteiger partial charge in [0.25, 0.3) is 0 Å². The Morgan fingerprint density at radius 3 is 1.09 bits per heavy atom. The van der Waals surface area contributed by atoms with E-state index in [1.807, 2.05) is 0 Å². The van der Waals surface area contributed by atoms with Crippen LogP contribution >= 0.6 is 9.83 Å². The van der Waals surface area contributed by atoms with Crippen LogP contribution in [0, 0.1) is 0 Å². The minimum absolute atomic E-state index is 1.35. The van der Waals surface area contributed by atoms with E-state index in [4.69, 9.17) is 0 Å². The molecule has 208 valence electrons. The normalized spacial score (nSPS) is 13.5. The van der Waals surface area contributed by atoms with E-state index in [9.17, 15) is 43.2 Å². The fourth-order valence-electron chi connectivity index (χ4n) is 3.56. The van der Waals surface area contributed by atoms with Crippen LogP contribution in [0.15, 0.2) is 0 Å². The SMILES string of the molecule is CCCCCC[N+](CCC)(CCC)CCCCCC.O=S(=O)(SS(=O)(=O)C(F)(F)F)C(F)(F)F. The first kappa shape index (κ1) is 35.9. The number of nitrogens with zero attached hydrogens (tertiary/aromatic N) is 1. The van der Waals surface area contributed by atoms with Crippen LogP contribution in [0.3, 0.4) is 0 Å². The maximum Gasteiger partial charge on any atom is 0.508 e. The third-order valence-corrected chi connectivity index (χ3v) is 12.0. The van der Waals surface area contributed by atoms with Crippen LogP contribution in [0.2, 0.25) is 0 Å². The van der Waals surface area contributed by atoms with Gasteiger partial charge in [-0.15, -0.1) is 0 Å². The highest BCUT2D eigenvalue weighted by atomic mass is 33.5. The number of alkyl halides is 6. The molecule has 34 heavy (non-hydrogen) atoms. The van der Waals surface area contributed by atoms with Gasteiger partial charge in [-0.2, -0.15) is 26.3 Å². The van der Waals surface area contributed by atoms with E-state index in [2.05, 4.69) is 27.7 Å². The highest BCUT2D eigenvalue weighted by Gasteiger charge is 2.57. The summed E-state index contributed by atoms with van der Waals surface area (Å²) in [5, 5.41) is 0. The summed E-state index contributed by atoms with van der Waals surface area (Å²) >= 11 is 0. The molecule has 0 N–H and O–H groups in total. The molecule has 0 aromatic heterocycles. The summed E-state index contributed by atoms with van der Waals surface area (Å²) in [6.45, 7) is 15.0. The van der Waals surface area contributed by atoms with Crippen molar-refractivity contribution in [1.29, 1.82) is 0 Å². The van der Waals surface area contributed by atoms with Gasteiger partial charge in [0.1, 0.15) is 9.83 Å². The van der Waals surface area contributed by atoms with Crippen LogP contribution in [-0.4, -0.2) is 58.5 Å². The summed E-state index contributed by atoms with van der Waals surface area (Å²) < 4.78 is 111. The maximum absolute atomic E-state index is 11.5. The van der Waals surface area contributed by atoms with Gasteiger partial charge in [0.05, 0.1) is 26.2 Å². The Morgan fingerprint density at radius 1 is 0.529 bits per heavy atom. The summed E-state index contributed by atoms with van der Waals surface area (Å²) in [7, 11) is -15.0. The van der Waals surface area contributed by atoms with Crippen molar-refractivity contribution < 1.29 is 47.7 Å². The maximum atomic E-state index is 11.5. The molecule has 0 atom stereocenters. The van der Waals surface area contributed by atoms with E-state index in [1.165, 1.54) is 94.9 Å². The van der Waals surface area contributed by atoms with Crippen molar-refractivity contribution >= 4 is 27.6 Å². The first-order valence-electron chi connectivity index (χ1n) is 11.6. The van der Waals surface area contributed by atoms with Crippen molar-refractivity contribution in [2.45, 2.75) is 103 Å². The van der Waals surface area contributed by atoms with Gasteiger partial charge in [-0.3, -0.25) is 0 Å². The summed E-state index contributed by atoms with van der Waals surface area (Å²) in [6, 6.07) is 0. The zero-order valence-electron chi connectivity index (χ0n) is 20.5. The molecule has 0 unspecified atom stereocenters. The predicted octanol–water partition coefficient (Wildman–Crippen LogP) is 7.20. The molecule has 0 amide bonds. The lowest BCUT2D eigenvalue weighted by molar-refractivity contribution is -0.928. The third kappa shape index (κ3) is 14.4. The lowest BCUT2D eigenvalue weighted by Gasteiger charge is -2.39. The molecule has 0 aliphatic rings. The molecule has 0 rings (SSSR count). The first-order valence-corrected chi connectivity index (χ1v) is 16.5. The second kappa shape index (κ2) is 16.5. The molecule has 0 spiro atoms. The minimum atomic E-state index is -6.43. The van der Waals surface area contributed by atoms with Crippen molar-refractivity contribution in [3.63, 3.8) is 0 Å². The Labute approximate surface area is 204 Å².